The average molecular weight is 1260 g/mol. The Morgan fingerprint density at radius 2 is 0.528 bits per heavy atom. The third-order valence-electron chi connectivity index (χ3n) is 19.8. The van der Waals surface area contributed by atoms with Gasteiger partial charge < -0.3 is 20.3 Å². The van der Waals surface area contributed by atoms with Gasteiger partial charge in [-0.3, -0.25) is 9.59 Å². The Morgan fingerprint density at radius 3 is 0.798 bits per heavy atom. The molecule has 0 saturated carbocycles. The van der Waals surface area contributed by atoms with Crippen molar-refractivity contribution in [3.05, 3.63) is 12.2 Å². The van der Waals surface area contributed by atoms with Crippen LogP contribution in [0.3, 0.4) is 0 Å². The number of aliphatic hydroxyl groups is 2. The zero-order valence-corrected chi connectivity index (χ0v) is 61.0. The van der Waals surface area contributed by atoms with Gasteiger partial charge in [0, 0.05) is 12.8 Å². The van der Waals surface area contributed by atoms with Gasteiger partial charge in [0.25, 0.3) is 0 Å². The molecule has 6 heteroatoms. The summed E-state index contributed by atoms with van der Waals surface area (Å²) in [4.78, 5) is 24.7. The Labute approximate surface area is 559 Å². The second-order valence-electron chi connectivity index (χ2n) is 28.8. The van der Waals surface area contributed by atoms with Gasteiger partial charge in [-0.2, -0.15) is 0 Å². The molecular weight excluding hydrogens is 1090 g/mol. The first-order chi connectivity index (χ1) is 44.0. The molecule has 0 aliphatic heterocycles. The van der Waals surface area contributed by atoms with Crippen molar-refractivity contribution in [1.82, 2.24) is 5.32 Å². The largest absolute Gasteiger partial charge is 0.466 e. The molecule has 3 N–H and O–H groups in total. The molecule has 0 rings (SSSR count). The fourth-order valence-electron chi connectivity index (χ4n) is 13.5. The average Bonchev–Trinajstić information content (AvgIpc) is 3.59. The lowest BCUT2D eigenvalue weighted by molar-refractivity contribution is -0.143. The van der Waals surface area contributed by atoms with Crippen LogP contribution in [0.25, 0.3) is 0 Å². The summed E-state index contributed by atoms with van der Waals surface area (Å²) in [6.07, 6.45) is 100. The molecule has 0 radical (unpaired) electrons. The minimum Gasteiger partial charge on any atom is -0.466 e. The number of carbonyl (C=O) groups excluding carboxylic acids is 2. The number of nitrogens with one attached hydrogen (secondary N) is 1. The second-order valence-corrected chi connectivity index (χ2v) is 28.8. The zero-order chi connectivity index (χ0) is 64.2. The molecule has 0 aliphatic carbocycles. The lowest BCUT2D eigenvalue weighted by Gasteiger charge is -2.22. The zero-order valence-electron chi connectivity index (χ0n) is 61.0. The Bertz CT molecular complexity index is 1350. The summed E-state index contributed by atoms with van der Waals surface area (Å²) in [5, 5.41) is 23.4. The predicted octanol–water partition coefficient (Wildman–Crippen LogP) is 27.4. The summed E-state index contributed by atoms with van der Waals surface area (Å²) >= 11 is 0. The maximum absolute atomic E-state index is 12.5. The highest BCUT2D eigenvalue weighted by molar-refractivity contribution is 5.76. The fraction of sp³-hybridized carbons (Fsp3) is 0.952. The molecule has 0 saturated heterocycles. The first-order valence-electron chi connectivity index (χ1n) is 41.4. The Kier molecular flexibility index (Phi) is 77.8. The van der Waals surface area contributed by atoms with E-state index in [1.165, 1.54) is 411 Å². The van der Waals surface area contributed by atoms with Crippen LogP contribution in [-0.2, 0) is 14.3 Å². The van der Waals surface area contributed by atoms with Crippen LogP contribution in [0.2, 0.25) is 0 Å². The van der Waals surface area contributed by atoms with E-state index >= 15 is 0 Å². The van der Waals surface area contributed by atoms with Crippen LogP contribution in [-0.4, -0.2) is 47.4 Å². The van der Waals surface area contributed by atoms with E-state index in [0.717, 1.165) is 38.5 Å². The van der Waals surface area contributed by atoms with Crippen molar-refractivity contribution in [3.63, 3.8) is 0 Å². The normalized spacial score (nSPS) is 12.4. The van der Waals surface area contributed by atoms with Gasteiger partial charge in [0.1, 0.15) is 0 Å². The molecule has 2 atom stereocenters. The van der Waals surface area contributed by atoms with E-state index in [1.807, 2.05) is 0 Å². The predicted molar refractivity (Wildman–Crippen MR) is 394 cm³/mol. The first-order valence-corrected chi connectivity index (χ1v) is 41.4. The SMILES string of the molecule is CCCCCCCCC/C=C\CCCCCCCCCC(=O)OCCCCCCCCCCCCCCCCCCCCCCCCCCCCCCCCCCCCCCCCCC(=O)NC(CO)C(O)CCCCCCCCCCCCCCCCC. The van der Waals surface area contributed by atoms with Gasteiger partial charge in [-0.1, -0.05) is 431 Å². The monoisotopic (exact) mass is 1250 g/mol. The molecule has 0 aromatic heterocycles. The minimum absolute atomic E-state index is 0.0224. The molecule has 0 bridgehead atoms. The summed E-state index contributed by atoms with van der Waals surface area (Å²) in [6, 6.07) is -0.536. The fourth-order valence-corrected chi connectivity index (χ4v) is 13.5. The van der Waals surface area contributed by atoms with Crippen LogP contribution in [0, 0.1) is 0 Å². The van der Waals surface area contributed by atoms with Crippen LogP contribution in [0.1, 0.15) is 483 Å². The van der Waals surface area contributed by atoms with Gasteiger partial charge in [-0.15, -0.1) is 0 Å². The smallest absolute Gasteiger partial charge is 0.305 e. The number of ether oxygens (including phenoxy) is 1. The third kappa shape index (κ3) is 75.5. The van der Waals surface area contributed by atoms with Crippen molar-refractivity contribution < 1.29 is 24.5 Å². The molecule has 0 fully saturated rings. The maximum Gasteiger partial charge on any atom is 0.305 e. The molecule has 0 aromatic carbocycles. The van der Waals surface area contributed by atoms with Gasteiger partial charge in [0.2, 0.25) is 5.91 Å². The molecule has 89 heavy (non-hydrogen) atoms. The summed E-state index contributed by atoms with van der Waals surface area (Å²) in [7, 11) is 0. The van der Waals surface area contributed by atoms with E-state index < -0.39 is 12.1 Å². The lowest BCUT2D eigenvalue weighted by atomic mass is 10.0. The Morgan fingerprint density at radius 1 is 0.303 bits per heavy atom. The van der Waals surface area contributed by atoms with Gasteiger partial charge in [0.15, 0.2) is 0 Å². The quantitative estimate of drug-likeness (QED) is 0.0320. The van der Waals surface area contributed by atoms with Crippen molar-refractivity contribution in [2.45, 2.75) is 495 Å². The van der Waals surface area contributed by atoms with E-state index in [4.69, 9.17) is 4.74 Å². The van der Waals surface area contributed by atoms with Crippen LogP contribution < -0.4 is 5.32 Å². The van der Waals surface area contributed by atoms with Crippen molar-refractivity contribution in [1.29, 1.82) is 0 Å². The number of amides is 1. The molecule has 1 amide bonds. The van der Waals surface area contributed by atoms with Crippen LogP contribution in [0.15, 0.2) is 12.2 Å². The number of hydrogen-bond donors (Lipinski definition) is 3. The maximum atomic E-state index is 12.5. The van der Waals surface area contributed by atoms with Crippen molar-refractivity contribution in [3.8, 4) is 0 Å². The van der Waals surface area contributed by atoms with Gasteiger partial charge in [0.05, 0.1) is 25.4 Å². The Balaban J connectivity index is 3.27. The summed E-state index contributed by atoms with van der Waals surface area (Å²) in [5.74, 6) is -0.00236. The summed E-state index contributed by atoms with van der Waals surface area (Å²) in [6.45, 7) is 5.00. The highest BCUT2D eigenvalue weighted by Gasteiger charge is 2.20. The van der Waals surface area contributed by atoms with Crippen molar-refractivity contribution in [2.24, 2.45) is 0 Å². The number of aliphatic hydroxyl groups excluding tert-OH is 2. The van der Waals surface area contributed by atoms with Crippen molar-refractivity contribution >= 4 is 11.9 Å². The number of allylic oxidation sites excluding steroid dienone is 2. The highest BCUT2D eigenvalue weighted by atomic mass is 16.5. The van der Waals surface area contributed by atoms with Crippen molar-refractivity contribution in [2.75, 3.05) is 13.2 Å². The number of carbonyl (C=O) groups is 2. The Hall–Kier alpha value is -1.40. The number of hydrogen-bond acceptors (Lipinski definition) is 5. The van der Waals surface area contributed by atoms with Crippen LogP contribution >= 0.6 is 0 Å². The van der Waals surface area contributed by atoms with E-state index in [0.29, 0.717) is 25.9 Å². The third-order valence-corrected chi connectivity index (χ3v) is 19.8. The lowest BCUT2D eigenvalue weighted by Crippen LogP contribution is -2.45. The van der Waals surface area contributed by atoms with E-state index in [2.05, 4.69) is 31.3 Å². The second kappa shape index (κ2) is 79.0. The summed E-state index contributed by atoms with van der Waals surface area (Å²) < 4.78 is 5.52. The van der Waals surface area contributed by atoms with E-state index in [9.17, 15) is 19.8 Å². The molecule has 0 aromatic rings. The van der Waals surface area contributed by atoms with Crippen LogP contribution in [0.5, 0.6) is 0 Å². The molecule has 0 heterocycles. The van der Waals surface area contributed by atoms with E-state index in [1.54, 1.807) is 0 Å². The molecule has 0 aliphatic rings. The highest BCUT2D eigenvalue weighted by Crippen LogP contribution is 2.21. The number of unbranched alkanes of at least 4 members (excludes halogenated alkanes) is 66. The number of rotatable bonds is 79. The molecule has 0 spiro atoms. The summed E-state index contributed by atoms with van der Waals surface area (Å²) in [5.41, 5.74) is 0. The van der Waals surface area contributed by atoms with Gasteiger partial charge >= 0.3 is 5.97 Å². The molecule has 6 nitrogen and oxygen atoms in total. The van der Waals surface area contributed by atoms with Crippen LogP contribution in [0.4, 0.5) is 0 Å². The minimum atomic E-state index is -0.659. The molecule has 530 valence electrons. The number of esters is 1. The van der Waals surface area contributed by atoms with Gasteiger partial charge in [-0.25, -0.2) is 0 Å². The topological polar surface area (TPSA) is 95.9 Å². The molecular formula is C83H163NO5. The first kappa shape index (κ1) is 87.6. The molecule has 2 unspecified atom stereocenters. The van der Waals surface area contributed by atoms with Gasteiger partial charge in [-0.05, 0) is 51.4 Å². The van der Waals surface area contributed by atoms with E-state index in [-0.39, 0.29) is 18.5 Å². The standard InChI is InChI=1S/C83H163NO5/c1-3-5-7-9-11-13-15-17-19-20-45-49-53-57-61-65-69-73-77-83(88)89-78-74-70-66-62-58-54-50-46-43-41-39-37-35-33-31-29-27-25-23-21-22-24-26-28-30-32-34-36-38-40-42-44-48-52-56-60-64-68-72-76-82(87)84-80(79-85)81(86)75-71-67-63-59-55-51-47-18-16-14-12-10-8-6-4-2/h19-20,80-81,85-86H,3-18,21-79H2,1-2H3,(H,84,87)/b20-19-.